The van der Waals surface area contributed by atoms with E-state index in [0.717, 1.165) is 24.8 Å². The molecule has 2 N–H and O–H groups in total. The van der Waals surface area contributed by atoms with Crippen molar-refractivity contribution in [3.05, 3.63) is 59.2 Å². The number of fused-ring (bicyclic) bond motifs is 1. The summed E-state index contributed by atoms with van der Waals surface area (Å²) in [4.78, 5) is 11.0. The summed E-state index contributed by atoms with van der Waals surface area (Å²) in [6.07, 6.45) is 1.99. The molecule has 3 heteroatoms. The molecule has 0 fully saturated rings. The number of primary amides is 1. The molecule has 1 atom stereocenters. The highest BCUT2D eigenvalue weighted by Gasteiger charge is 2.23. The second kappa shape index (κ2) is 5.60. The lowest BCUT2D eigenvalue weighted by Gasteiger charge is -2.25. The molecule has 3 rings (SSSR count). The van der Waals surface area contributed by atoms with Gasteiger partial charge in [0.15, 0.2) is 0 Å². The molecule has 0 aliphatic heterocycles. The standard InChI is InChI=1S/C18H19NO2/c1-12-5-7-13(8-6-12)14-9-10-16-15(11-14)3-2-4-17(16)21-18(19)20/h5-11,17H,2-4H2,1H3,(H2,19,20). The summed E-state index contributed by atoms with van der Waals surface area (Å²) in [5, 5.41) is 0. The van der Waals surface area contributed by atoms with Crippen LogP contribution in [0.1, 0.15) is 35.6 Å². The van der Waals surface area contributed by atoms with E-state index in [-0.39, 0.29) is 6.10 Å². The molecule has 2 aromatic carbocycles. The van der Waals surface area contributed by atoms with Gasteiger partial charge >= 0.3 is 6.09 Å². The third-order valence-corrected chi connectivity index (χ3v) is 4.05. The van der Waals surface area contributed by atoms with Gasteiger partial charge in [-0.1, -0.05) is 48.0 Å². The van der Waals surface area contributed by atoms with E-state index in [1.165, 1.54) is 22.3 Å². The average molecular weight is 281 g/mol. The Balaban J connectivity index is 1.94. The lowest BCUT2D eigenvalue weighted by Crippen LogP contribution is -2.20. The van der Waals surface area contributed by atoms with Crippen molar-refractivity contribution in [2.24, 2.45) is 5.73 Å². The fourth-order valence-electron chi connectivity index (χ4n) is 2.96. The van der Waals surface area contributed by atoms with Crippen LogP contribution in [0, 0.1) is 6.92 Å². The fourth-order valence-corrected chi connectivity index (χ4v) is 2.96. The number of amides is 1. The average Bonchev–Trinajstić information content (AvgIpc) is 2.47. The molecular formula is C18H19NO2. The van der Waals surface area contributed by atoms with E-state index in [4.69, 9.17) is 10.5 Å². The summed E-state index contributed by atoms with van der Waals surface area (Å²) < 4.78 is 5.22. The zero-order chi connectivity index (χ0) is 14.8. The minimum Gasteiger partial charge on any atom is -0.442 e. The van der Waals surface area contributed by atoms with Crippen LogP contribution in [-0.2, 0) is 11.2 Å². The number of aryl methyl sites for hydroxylation is 2. The minimum absolute atomic E-state index is 0.196. The Bertz CT molecular complexity index is 661. The maximum Gasteiger partial charge on any atom is 0.405 e. The number of hydrogen-bond donors (Lipinski definition) is 1. The molecule has 0 radical (unpaired) electrons. The van der Waals surface area contributed by atoms with Gasteiger partial charge in [-0.2, -0.15) is 0 Å². The smallest absolute Gasteiger partial charge is 0.405 e. The Labute approximate surface area is 124 Å². The number of rotatable bonds is 2. The number of hydrogen-bond acceptors (Lipinski definition) is 2. The predicted octanol–water partition coefficient (Wildman–Crippen LogP) is 4.13. The number of carbonyl (C=O) groups excluding carboxylic acids is 1. The Hall–Kier alpha value is -2.29. The van der Waals surface area contributed by atoms with E-state index in [9.17, 15) is 4.79 Å². The summed E-state index contributed by atoms with van der Waals surface area (Å²) in [6, 6.07) is 14.9. The molecular weight excluding hydrogens is 262 g/mol. The van der Waals surface area contributed by atoms with E-state index >= 15 is 0 Å². The second-order valence-corrected chi connectivity index (χ2v) is 5.60. The first-order chi connectivity index (χ1) is 10.1. The van der Waals surface area contributed by atoms with Crippen molar-refractivity contribution in [3.63, 3.8) is 0 Å². The highest BCUT2D eigenvalue weighted by molar-refractivity contribution is 5.67. The maximum absolute atomic E-state index is 11.0. The normalized spacial score (nSPS) is 17.1. The number of carbonyl (C=O) groups is 1. The minimum atomic E-state index is -0.699. The van der Waals surface area contributed by atoms with Gasteiger partial charge in [-0.25, -0.2) is 4.79 Å². The molecule has 1 unspecified atom stereocenters. The van der Waals surface area contributed by atoms with Gasteiger partial charge in [0.1, 0.15) is 6.10 Å². The van der Waals surface area contributed by atoms with Crippen LogP contribution < -0.4 is 5.73 Å². The third-order valence-electron chi connectivity index (χ3n) is 4.05. The predicted molar refractivity (Wildman–Crippen MR) is 83.0 cm³/mol. The van der Waals surface area contributed by atoms with Gasteiger partial charge in [-0.3, -0.25) is 0 Å². The van der Waals surface area contributed by atoms with Crippen LogP contribution in [0.5, 0.6) is 0 Å². The third kappa shape index (κ3) is 2.92. The molecule has 2 aromatic rings. The van der Waals surface area contributed by atoms with Gasteiger partial charge < -0.3 is 10.5 Å². The Morgan fingerprint density at radius 1 is 1.14 bits per heavy atom. The Morgan fingerprint density at radius 2 is 1.86 bits per heavy atom. The Morgan fingerprint density at radius 3 is 2.57 bits per heavy atom. The van der Waals surface area contributed by atoms with Crippen molar-refractivity contribution in [2.45, 2.75) is 32.3 Å². The lowest BCUT2D eigenvalue weighted by atomic mass is 9.87. The van der Waals surface area contributed by atoms with Crippen LogP contribution in [0.3, 0.4) is 0 Å². The quantitative estimate of drug-likeness (QED) is 0.899. The van der Waals surface area contributed by atoms with Crippen LogP contribution in [0.4, 0.5) is 4.79 Å². The largest absolute Gasteiger partial charge is 0.442 e. The molecule has 0 aromatic heterocycles. The number of ether oxygens (including phenoxy) is 1. The SMILES string of the molecule is Cc1ccc(-c2ccc3c(c2)CCCC3OC(N)=O)cc1. The van der Waals surface area contributed by atoms with Gasteiger partial charge in [0.05, 0.1) is 0 Å². The van der Waals surface area contributed by atoms with Crippen molar-refractivity contribution in [3.8, 4) is 11.1 Å². The summed E-state index contributed by atoms with van der Waals surface area (Å²) in [5.41, 5.74) is 11.2. The van der Waals surface area contributed by atoms with Gasteiger partial charge in [-0.05, 0) is 48.4 Å². The van der Waals surface area contributed by atoms with E-state index in [1.807, 2.05) is 0 Å². The van der Waals surface area contributed by atoms with E-state index < -0.39 is 6.09 Å². The summed E-state index contributed by atoms with van der Waals surface area (Å²) >= 11 is 0. The maximum atomic E-state index is 11.0. The lowest BCUT2D eigenvalue weighted by molar-refractivity contribution is 0.0959. The van der Waals surface area contributed by atoms with E-state index in [1.54, 1.807) is 0 Å². The second-order valence-electron chi connectivity index (χ2n) is 5.60. The molecule has 1 aliphatic rings. The molecule has 1 aliphatic carbocycles. The van der Waals surface area contributed by atoms with Crippen LogP contribution in [-0.4, -0.2) is 6.09 Å². The van der Waals surface area contributed by atoms with Crippen LogP contribution in [0.25, 0.3) is 11.1 Å². The van der Waals surface area contributed by atoms with Gasteiger partial charge in [-0.15, -0.1) is 0 Å². The van der Waals surface area contributed by atoms with Crippen molar-refractivity contribution < 1.29 is 9.53 Å². The van der Waals surface area contributed by atoms with E-state index in [0.29, 0.717) is 0 Å². The van der Waals surface area contributed by atoms with Gasteiger partial charge in [0, 0.05) is 0 Å². The summed E-state index contributed by atoms with van der Waals surface area (Å²) in [7, 11) is 0. The van der Waals surface area contributed by atoms with Crippen molar-refractivity contribution >= 4 is 6.09 Å². The van der Waals surface area contributed by atoms with Crippen molar-refractivity contribution in [2.75, 3.05) is 0 Å². The van der Waals surface area contributed by atoms with Crippen molar-refractivity contribution in [1.29, 1.82) is 0 Å². The molecule has 0 saturated heterocycles. The summed E-state index contributed by atoms with van der Waals surface area (Å²) in [5.74, 6) is 0. The van der Waals surface area contributed by atoms with E-state index in [2.05, 4.69) is 49.4 Å². The monoisotopic (exact) mass is 281 g/mol. The molecule has 0 bridgehead atoms. The topological polar surface area (TPSA) is 52.3 Å². The highest BCUT2D eigenvalue weighted by Crippen LogP contribution is 2.35. The zero-order valence-corrected chi connectivity index (χ0v) is 12.1. The van der Waals surface area contributed by atoms with Gasteiger partial charge in [0.2, 0.25) is 0 Å². The van der Waals surface area contributed by atoms with Crippen LogP contribution >= 0.6 is 0 Å². The number of nitrogens with two attached hydrogens (primary N) is 1. The van der Waals surface area contributed by atoms with Crippen LogP contribution in [0.2, 0.25) is 0 Å². The first kappa shape index (κ1) is 13.7. The number of benzene rings is 2. The Kier molecular flexibility index (Phi) is 3.65. The molecule has 1 amide bonds. The molecule has 3 nitrogen and oxygen atoms in total. The zero-order valence-electron chi connectivity index (χ0n) is 12.1. The molecule has 0 spiro atoms. The van der Waals surface area contributed by atoms with Gasteiger partial charge in [0.25, 0.3) is 0 Å². The molecule has 21 heavy (non-hydrogen) atoms. The molecule has 108 valence electrons. The molecule has 0 saturated carbocycles. The summed E-state index contributed by atoms with van der Waals surface area (Å²) in [6.45, 7) is 2.09. The van der Waals surface area contributed by atoms with Crippen molar-refractivity contribution in [1.82, 2.24) is 0 Å². The first-order valence-corrected chi connectivity index (χ1v) is 7.29. The van der Waals surface area contributed by atoms with Crippen LogP contribution in [0.15, 0.2) is 42.5 Å². The molecule has 0 heterocycles. The highest BCUT2D eigenvalue weighted by atomic mass is 16.6. The fraction of sp³-hybridized carbons (Fsp3) is 0.278. The first-order valence-electron chi connectivity index (χ1n) is 7.29.